The lowest BCUT2D eigenvalue weighted by molar-refractivity contribution is -0.137. The van der Waals surface area contributed by atoms with Gasteiger partial charge in [-0.25, -0.2) is 19.3 Å². The number of aryl methyl sites for hydroxylation is 1. The molecule has 0 spiro atoms. The van der Waals surface area contributed by atoms with Gasteiger partial charge in [0.2, 0.25) is 0 Å². The molecule has 5 rings (SSSR count). The van der Waals surface area contributed by atoms with Gasteiger partial charge in [0.25, 0.3) is 0 Å². The van der Waals surface area contributed by atoms with Crippen LogP contribution in [0.25, 0.3) is 0 Å². The number of pyridine rings is 1. The molecule has 2 unspecified atom stereocenters. The Balaban J connectivity index is 1.59. The Morgan fingerprint density at radius 1 is 1.12 bits per heavy atom. The standard InChI is InChI=1S/C17H17F4N5/c1-2-13-14(18)16(24-9-23-13)25-7-10-6-11(8-25)26(10)15-12(17(19,20)21)4-3-5-22-15/h3-5,9-11H,2,6-8H2,1H3. The van der Waals surface area contributed by atoms with Gasteiger partial charge in [0.05, 0.1) is 23.3 Å². The van der Waals surface area contributed by atoms with Crippen molar-refractivity contribution in [2.75, 3.05) is 22.9 Å². The minimum absolute atomic E-state index is 0.0432. The summed E-state index contributed by atoms with van der Waals surface area (Å²) in [5.74, 6) is -0.266. The molecule has 0 saturated carbocycles. The Labute approximate surface area is 147 Å². The highest BCUT2D eigenvalue weighted by Crippen LogP contribution is 2.43. The molecule has 0 aliphatic carbocycles. The maximum atomic E-state index is 14.5. The summed E-state index contributed by atoms with van der Waals surface area (Å²) >= 11 is 0. The van der Waals surface area contributed by atoms with Gasteiger partial charge in [0, 0.05) is 19.3 Å². The Kier molecular flexibility index (Phi) is 3.96. The Hall–Kier alpha value is -2.45. The van der Waals surface area contributed by atoms with Crippen LogP contribution in [0.2, 0.25) is 0 Å². The number of anilines is 2. The number of alkyl halides is 3. The van der Waals surface area contributed by atoms with Gasteiger partial charge in [-0.05, 0) is 25.0 Å². The molecule has 3 saturated heterocycles. The normalized spacial score (nSPS) is 22.3. The minimum atomic E-state index is -4.46. The van der Waals surface area contributed by atoms with Gasteiger partial charge in [-0.15, -0.1) is 0 Å². The molecule has 3 fully saturated rings. The predicted molar refractivity (Wildman–Crippen MR) is 87.5 cm³/mol. The summed E-state index contributed by atoms with van der Waals surface area (Å²) in [6.07, 6.45) is -0.541. The highest BCUT2D eigenvalue weighted by Gasteiger charge is 2.49. The maximum Gasteiger partial charge on any atom is 0.419 e. The number of nitrogens with zero attached hydrogens (tertiary/aromatic N) is 5. The molecule has 2 aromatic rings. The van der Waals surface area contributed by atoms with E-state index < -0.39 is 17.6 Å². The fourth-order valence-corrected chi connectivity index (χ4v) is 3.82. The average molecular weight is 367 g/mol. The highest BCUT2D eigenvalue weighted by atomic mass is 19.4. The molecular formula is C17H17F4N5. The summed E-state index contributed by atoms with van der Waals surface area (Å²) < 4.78 is 54.3. The van der Waals surface area contributed by atoms with Crippen LogP contribution < -0.4 is 9.80 Å². The Morgan fingerprint density at radius 3 is 2.50 bits per heavy atom. The van der Waals surface area contributed by atoms with Crippen molar-refractivity contribution in [1.29, 1.82) is 0 Å². The Bertz CT molecular complexity index is 813. The van der Waals surface area contributed by atoms with Crippen molar-refractivity contribution >= 4 is 11.6 Å². The quantitative estimate of drug-likeness (QED) is 0.781. The SMILES string of the molecule is CCc1ncnc(N2CC3CC(C2)N3c2ncccc2C(F)(F)F)c1F. The van der Waals surface area contributed by atoms with Gasteiger partial charge in [-0.3, -0.25) is 0 Å². The number of hydrogen-bond acceptors (Lipinski definition) is 5. The molecule has 2 atom stereocenters. The largest absolute Gasteiger partial charge is 0.419 e. The van der Waals surface area contributed by atoms with E-state index >= 15 is 0 Å². The number of fused-ring (bicyclic) bond motifs is 2. The van der Waals surface area contributed by atoms with E-state index in [9.17, 15) is 17.6 Å². The smallest absolute Gasteiger partial charge is 0.350 e. The van der Waals surface area contributed by atoms with Crippen molar-refractivity contribution in [1.82, 2.24) is 15.0 Å². The number of piperidine rings is 1. The third-order valence-electron chi connectivity index (χ3n) is 5.01. The molecule has 0 N–H and O–H groups in total. The van der Waals surface area contributed by atoms with Crippen molar-refractivity contribution in [2.24, 2.45) is 0 Å². The summed E-state index contributed by atoms with van der Waals surface area (Å²) in [7, 11) is 0. The molecule has 3 aliphatic rings. The van der Waals surface area contributed by atoms with E-state index in [2.05, 4.69) is 15.0 Å². The van der Waals surface area contributed by atoms with Crippen LogP contribution in [-0.2, 0) is 12.6 Å². The van der Waals surface area contributed by atoms with E-state index in [1.54, 1.807) is 9.80 Å². The van der Waals surface area contributed by atoms with E-state index in [-0.39, 0.29) is 23.7 Å². The van der Waals surface area contributed by atoms with Crippen molar-refractivity contribution < 1.29 is 17.6 Å². The zero-order valence-corrected chi connectivity index (χ0v) is 14.0. The van der Waals surface area contributed by atoms with Crippen LogP contribution in [0, 0.1) is 5.82 Å². The number of piperazine rings is 1. The molecule has 26 heavy (non-hydrogen) atoms. The lowest BCUT2D eigenvalue weighted by Gasteiger charge is -2.57. The molecule has 5 nitrogen and oxygen atoms in total. The van der Waals surface area contributed by atoms with Crippen LogP contribution in [0.5, 0.6) is 0 Å². The van der Waals surface area contributed by atoms with Crippen molar-refractivity contribution in [2.45, 2.75) is 38.0 Å². The van der Waals surface area contributed by atoms with Gasteiger partial charge < -0.3 is 9.80 Å². The first-order chi connectivity index (χ1) is 12.4. The number of halogens is 4. The first kappa shape index (κ1) is 17.0. The lowest BCUT2D eigenvalue weighted by atomic mass is 9.86. The fraction of sp³-hybridized carbons (Fsp3) is 0.471. The third kappa shape index (κ3) is 2.65. The van der Waals surface area contributed by atoms with Gasteiger partial charge in [0.1, 0.15) is 12.1 Å². The van der Waals surface area contributed by atoms with E-state index in [1.165, 1.54) is 18.6 Å². The third-order valence-corrected chi connectivity index (χ3v) is 5.01. The van der Waals surface area contributed by atoms with Crippen molar-refractivity contribution in [3.63, 3.8) is 0 Å². The topological polar surface area (TPSA) is 45.2 Å². The van der Waals surface area contributed by atoms with Gasteiger partial charge in [0.15, 0.2) is 11.6 Å². The van der Waals surface area contributed by atoms with E-state index in [1.807, 2.05) is 6.92 Å². The summed E-state index contributed by atoms with van der Waals surface area (Å²) in [4.78, 5) is 15.5. The molecule has 2 bridgehead atoms. The summed E-state index contributed by atoms with van der Waals surface area (Å²) in [6.45, 7) is 2.62. The molecule has 5 heterocycles. The fourth-order valence-electron chi connectivity index (χ4n) is 3.82. The summed E-state index contributed by atoms with van der Waals surface area (Å²) in [5, 5.41) is 0. The zero-order valence-electron chi connectivity index (χ0n) is 14.0. The molecule has 2 aromatic heterocycles. The van der Waals surface area contributed by atoms with Crippen LogP contribution >= 0.6 is 0 Å². The average Bonchev–Trinajstić information content (AvgIpc) is 2.61. The molecular weight excluding hydrogens is 350 g/mol. The van der Waals surface area contributed by atoms with Gasteiger partial charge in [-0.1, -0.05) is 6.92 Å². The molecule has 0 aromatic carbocycles. The number of aromatic nitrogens is 3. The van der Waals surface area contributed by atoms with Crippen LogP contribution in [-0.4, -0.2) is 40.1 Å². The first-order valence-corrected chi connectivity index (χ1v) is 8.45. The van der Waals surface area contributed by atoms with Crippen LogP contribution in [0.3, 0.4) is 0 Å². The van der Waals surface area contributed by atoms with Crippen LogP contribution in [0.4, 0.5) is 29.2 Å². The minimum Gasteiger partial charge on any atom is -0.350 e. The van der Waals surface area contributed by atoms with E-state index in [0.717, 1.165) is 12.5 Å². The molecule has 9 heteroatoms. The molecule has 0 radical (unpaired) electrons. The second-order valence-corrected chi connectivity index (χ2v) is 6.54. The van der Waals surface area contributed by atoms with Crippen molar-refractivity contribution in [3.8, 4) is 0 Å². The van der Waals surface area contributed by atoms with E-state index in [0.29, 0.717) is 25.2 Å². The van der Waals surface area contributed by atoms with Crippen LogP contribution in [0.1, 0.15) is 24.6 Å². The first-order valence-electron chi connectivity index (χ1n) is 8.45. The molecule has 0 amide bonds. The lowest BCUT2D eigenvalue weighted by Crippen LogP contribution is -2.70. The Morgan fingerprint density at radius 2 is 1.85 bits per heavy atom. The van der Waals surface area contributed by atoms with Crippen molar-refractivity contribution in [3.05, 3.63) is 41.7 Å². The monoisotopic (exact) mass is 367 g/mol. The highest BCUT2D eigenvalue weighted by molar-refractivity contribution is 5.57. The molecule has 3 aliphatic heterocycles. The zero-order chi connectivity index (χ0) is 18.5. The predicted octanol–water partition coefficient (Wildman–Crippen LogP) is 3.06. The number of rotatable bonds is 3. The maximum absolute atomic E-state index is 14.5. The summed E-state index contributed by atoms with van der Waals surface area (Å²) in [5.41, 5.74) is -0.389. The second-order valence-electron chi connectivity index (χ2n) is 6.54. The second kappa shape index (κ2) is 6.07. The van der Waals surface area contributed by atoms with Gasteiger partial charge >= 0.3 is 6.18 Å². The summed E-state index contributed by atoms with van der Waals surface area (Å²) in [6, 6.07) is 2.04. The van der Waals surface area contributed by atoms with E-state index in [4.69, 9.17) is 0 Å². The molecule has 138 valence electrons. The van der Waals surface area contributed by atoms with Crippen LogP contribution in [0.15, 0.2) is 24.7 Å². The number of hydrogen-bond donors (Lipinski definition) is 0. The van der Waals surface area contributed by atoms with Gasteiger partial charge in [-0.2, -0.15) is 13.2 Å².